The van der Waals surface area contributed by atoms with Crippen LogP contribution in [0.1, 0.15) is 48.0 Å². The number of anilines is 1. The maximum absolute atomic E-state index is 12.9. The first-order valence-corrected chi connectivity index (χ1v) is 10.4. The van der Waals surface area contributed by atoms with Gasteiger partial charge in [-0.2, -0.15) is 4.31 Å². The number of sulfonamides is 1. The molecule has 0 spiro atoms. The molecule has 0 saturated carbocycles. The second-order valence-electron chi connectivity index (χ2n) is 7.43. The Morgan fingerprint density at radius 3 is 1.88 bits per heavy atom. The molecular formula is C19H32N2O3S. The summed E-state index contributed by atoms with van der Waals surface area (Å²) in [5.41, 5.74) is 0.614. The van der Waals surface area contributed by atoms with E-state index in [0.29, 0.717) is 18.8 Å². The summed E-state index contributed by atoms with van der Waals surface area (Å²) in [7, 11) is -3.54. The van der Waals surface area contributed by atoms with Crippen molar-refractivity contribution in [3.63, 3.8) is 0 Å². The highest BCUT2D eigenvalue weighted by molar-refractivity contribution is 7.89. The molecule has 0 bridgehead atoms. The summed E-state index contributed by atoms with van der Waals surface area (Å²) in [6.07, 6.45) is 0.762. The predicted molar refractivity (Wildman–Crippen MR) is 103 cm³/mol. The maximum atomic E-state index is 12.9. The molecule has 1 unspecified atom stereocenters. The number of rotatable bonds is 9. The van der Waals surface area contributed by atoms with E-state index in [-0.39, 0.29) is 28.6 Å². The molecule has 1 rings (SSSR count). The van der Waals surface area contributed by atoms with Gasteiger partial charge in [0, 0.05) is 24.7 Å². The number of carbonyl (C=O) groups is 1. The molecule has 1 aromatic rings. The lowest BCUT2D eigenvalue weighted by Crippen LogP contribution is -2.37. The highest BCUT2D eigenvalue weighted by atomic mass is 32.2. The second-order valence-corrected chi connectivity index (χ2v) is 9.37. The van der Waals surface area contributed by atoms with E-state index in [2.05, 4.69) is 5.32 Å². The summed E-state index contributed by atoms with van der Waals surface area (Å²) in [5.74, 6) is 0.376. The van der Waals surface area contributed by atoms with Crippen molar-refractivity contribution in [3.8, 4) is 0 Å². The Hall–Kier alpha value is -1.40. The standard InChI is InChI=1S/C19H32N2O3S/c1-7-16(6)19(22)20-17-8-10-18(11-9-17)25(23,24)21(12-14(2)3)13-15(4)5/h8-11,14-16H,7,12-13H2,1-6H3,(H,20,22). The summed E-state index contributed by atoms with van der Waals surface area (Å²) in [6, 6.07) is 6.43. The van der Waals surface area contributed by atoms with Gasteiger partial charge in [-0.3, -0.25) is 4.79 Å². The topological polar surface area (TPSA) is 66.5 Å². The van der Waals surface area contributed by atoms with Crippen LogP contribution in [0.5, 0.6) is 0 Å². The molecule has 6 heteroatoms. The van der Waals surface area contributed by atoms with Crippen LogP contribution in [-0.4, -0.2) is 31.7 Å². The van der Waals surface area contributed by atoms with E-state index in [9.17, 15) is 13.2 Å². The highest BCUT2D eigenvalue weighted by Gasteiger charge is 2.25. The molecule has 5 nitrogen and oxygen atoms in total. The fraction of sp³-hybridized carbons (Fsp3) is 0.632. The minimum Gasteiger partial charge on any atom is -0.326 e. The van der Waals surface area contributed by atoms with E-state index in [1.165, 1.54) is 0 Å². The Morgan fingerprint density at radius 1 is 1.00 bits per heavy atom. The Balaban J connectivity index is 2.99. The fourth-order valence-corrected chi connectivity index (χ4v) is 4.16. The normalized spacial score (nSPS) is 13.5. The molecule has 0 saturated heterocycles. The summed E-state index contributed by atoms with van der Waals surface area (Å²) < 4.78 is 27.4. The molecule has 0 aromatic heterocycles. The van der Waals surface area contributed by atoms with Gasteiger partial charge in [-0.25, -0.2) is 8.42 Å². The third kappa shape index (κ3) is 6.44. The summed E-state index contributed by atoms with van der Waals surface area (Å²) >= 11 is 0. The lowest BCUT2D eigenvalue weighted by Gasteiger charge is -2.25. The van der Waals surface area contributed by atoms with Gasteiger partial charge in [0.25, 0.3) is 0 Å². The quantitative estimate of drug-likeness (QED) is 0.717. The minimum absolute atomic E-state index is 0.0562. The molecule has 0 radical (unpaired) electrons. The summed E-state index contributed by atoms with van der Waals surface area (Å²) in [6.45, 7) is 12.8. The van der Waals surface area contributed by atoms with Crippen molar-refractivity contribution in [3.05, 3.63) is 24.3 Å². The zero-order chi connectivity index (χ0) is 19.2. The molecule has 0 fully saturated rings. The van der Waals surface area contributed by atoms with E-state index >= 15 is 0 Å². The molecule has 1 N–H and O–H groups in total. The van der Waals surface area contributed by atoms with Crippen LogP contribution in [0, 0.1) is 17.8 Å². The molecule has 1 atom stereocenters. The largest absolute Gasteiger partial charge is 0.326 e. The van der Waals surface area contributed by atoms with Gasteiger partial charge in [-0.05, 0) is 42.5 Å². The zero-order valence-corrected chi connectivity index (χ0v) is 17.1. The smallest absolute Gasteiger partial charge is 0.243 e. The average molecular weight is 369 g/mol. The number of amides is 1. The summed E-state index contributed by atoms with van der Waals surface area (Å²) in [4.78, 5) is 12.2. The Labute approximate surface area is 152 Å². The van der Waals surface area contributed by atoms with Crippen molar-refractivity contribution in [1.29, 1.82) is 0 Å². The van der Waals surface area contributed by atoms with Crippen LogP contribution < -0.4 is 5.32 Å². The SMILES string of the molecule is CCC(C)C(=O)Nc1ccc(S(=O)(=O)N(CC(C)C)CC(C)C)cc1. The first-order chi connectivity index (χ1) is 11.6. The van der Waals surface area contributed by atoms with E-state index in [0.717, 1.165) is 6.42 Å². The van der Waals surface area contributed by atoms with Gasteiger partial charge in [0.2, 0.25) is 15.9 Å². The fourth-order valence-electron chi connectivity index (χ4n) is 2.40. The lowest BCUT2D eigenvalue weighted by molar-refractivity contribution is -0.119. The van der Waals surface area contributed by atoms with Crippen molar-refractivity contribution in [2.75, 3.05) is 18.4 Å². The molecule has 1 amide bonds. The van der Waals surface area contributed by atoms with Gasteiger partial charge in [-0.15, -0.1) is 0 Å². The first-order valence-electron chi connectivity index (χ1n) is 8.99. The molecule has 1 aromatic carbocycles. The number of nitrogens with zero attached hydrogens (tertiary/aromatic N) is 1. The second kappa shape index (κ2) is 9.34. The Bertz CT molecular complexity index is 642. The monoisotopic (exact) mass is 368 g/mol. The van der Waals surface area contributed by atoms with Crippen LogP contribution in [0.2, 0.25) is 0 Å². The third-order valence-electron chi connectivity index (χ3n) is 3.96. The van der Waals surface area contributed by atoms with Crippen molar-refractivity contribution < 1.29 is 13.2 Å². The number of hydrogen-bond acceptors (Lipinski definition) is 3. The average Bonchev–Trinajstić information content (AvgIpc) is 2.53. The molecule has 0 aliphatic rings. The van der Waals surface area contributed by atoms with Crippen LogP contribution >= 0.6 is 0 Å². The van der Waals surface area contributed by atoms with Crippen molar-refractivity contribution in [1.82, 2.24) is 4.31 Å². The third-order valence-corrected chi connectivity index (χ3v) is 5.80. The van der Waals surface area contributed by atoms with Crippen molar-refractivity contribution in [2.45, 2.75) is 52.9 Å². The van der Waals surface area contributed by atoms with Crippen LogP contribution in [0.15, 0.2) is 29.2 Å². The van der Waals surface area contributed by atoms with Crippen molar-refractivity contribution >= 4 is 21.6 Å². The number of carbonyl (C=O) groups excluding carboxylic acids is 1. The van der Waals surface area contributed by atoms with E-state index in [1.807, 2.05) is 41.5 Å². The Morgan fingerprint density at radius 2 is 1.48 bits per heavy atom. The van der Waals surface area contributed by atoms with Gasteiger partial charge < -0.3 is 5.32 Å². The minimum atomic E-state index is -3.54. The van der Waals surface area contributed by atoms with E-state index in [4.69, 9.17) is 0 Å². The summed E-state index contributed by atoms with van der Waals surface area (Å²) in [5, 5.41) is 2.82. The zero-order valence-electron chi connectivity index (χ0n) is 16.2. The highest BCUT2D eigenvalue weighted by Crippen LogP contribution is 2.21. The van der Waals surface area contributed by atoms with Gasteiger partial charge in [-0.1, -0.05) is 41.5 Å². The van der Waals surface area contributed by atoms with Crippen LogP contribution in [0.25, 0.3) is 0 Å². The van der Waals surface area contributed by atoms with Gasteiger partial charge in [0.1, 0.15) is 0 Å². The van der Waals surface area contributed by atoms with Crippen LogP contribution in [-0.2, 0) is 14.8 Å². The molecule has 142 valence electrons. The number of benzene rings is 1. The number of hydrogen-bond donors (Lipinski definition) is 1. The van der Waals surface area contributed by atoms with Gasteiger partial charge in [0.15, 0.2) is 0 Å². The first kappa shape index (κ1) is 21.6. The van der Waals surface area contributed by atoms with Gasteiger partial charge >= 0.3 is 0 Å². The molecule has 0 aliphatic carbocycles. The van der Waals surface area contributed by atoms with Crippen molar-refractivity contribution in [2.24, 2.45) is 17.8 Å². The van der Waals surface area contributed by atoms with E-state index in [1.54, 1.807) is 28.6 Å². The van der Waals surface area contributed by atoms with Crippen LogP contribution in [0.3, 0.4) is 0 Å². The molecule has 0 aliphatic heterocycles. The number of nitrogens with one attached hydrogen (secondary N) is 1. The van der Waals surface area contributed by atoms with Gasteiger partial charge in [0.05, 0.1) is 4.90 Å². The maximum Gasteiger partial charge on any atom is 0.243 e. The van der Waals surface area contributed by atoms with Crippen LogP contribution in [0.4, 0.5) is 5.69 Å². The molecule has 25 heavy (non-hydrogen) atoms. The Kier molecular flexibility index (Phi) is 8.09. The predicted octanol–water partition coefficient (Wildman–Crippen LogP) is 3.97. The van der Waals surface area contributed by atoms with E-state index < -0.39 is 10.0 Å². The molecular weight excluding hydrogens is 336 g/mol. The lowest BCUT2D eigenvalue weighted by atomic mass is 10.1. The molecule has 0 heterocycles.